The van der Waals surface area contributed by atoms with Crippen LogP contribution < -0.4 is 11.1 Å². The molecular formula is C19H15F3N8O4S. The number of hydrogen-bond donors (Lipinski definition) is 2. The highest BCUT2D eigenvalue weighted by Crippen LogP contribution is 2.44. The van der Waals surface area contributed by atoms with Crippen LogP contribution in [0.4, 0.5) is 24.5 Å². The maximum Gasteiger partial charge on any atom is 0.433 e. The van der Waals surface area contributed by atoms with Gasteiger partial charge in [-0.3, -0.25) is 29.1 Å². The van der Waals surface area contributed by atoms with Crippen molar-refractivity contribution in [1.82, 2.24) is 24.5 Å². The number of nitrogens with two attached hydrogens (primary N) is 1. The van der Waals surface area contributed by atoms with E-state index in [1.54, 1.807) is 14.0 Å². The summed E-state index contributed by atoms with van der Waals surface area (Å²) in [7, 11) is 2.96. The third kappa shape index (κ3) is 4.07. The second kappa shape index (κ2) is 8.15. The van der Waals surface area contributed by atoms with Crippen molar-refractivity contribution in [2.45, 2.75) is 13.1 Å². The van der Waals surface area contributed by atoms with Crippen LogP contribution in [-0.2, 0) is 20.3 Å². The minimum absolute atomic E-state index is 0.000154. The van der Waals surface area contributed by atoms with E-state index in [4.69, 9.17) is 5.73 Å². The molecule has 0 spiro atoms. The normalized spacial score (nSPS) is 11.7. The number of pyridine rings is 1. The quantitative estimate of drug-likeness (QED) is 0.309. The van der Waals surface area contributed by atoms with Gasteiger partial charge >= 0.3 is 11.9 Å². The molecule has 0 radical (unpaired) electrons. The van der Waals surface area contributed by atoms with Gasteiger partial charge in [-0.1, -0.05) is 0 Å². The average molecular weight is 508 g/mol. The Bertz CT molecular complexity index is 1540. The standard InChI is InChI=1S/C19H15F3N8O4S/c1-7-9(5-24-29(7)3)8-4-11(19(20,21)22)25-18-12(8)14(15(35-18)16(23)31)26-17(32)13-10(30(33)34)6-28(2)27-13/h4-6H,1-3H3,(H2,23,31)(H,26,32). The number of halogens is 3. The Morgan fingerprint density at radius 3 is 2.49 bits per heavy atom. The molecule has 3 N–H and O–H groups in total. The van der Waals surface area contributed by atoms with Gasteiger partial charge in [0.15, 0.2) is 0 Å². The van der Waals surface area contributed by atoms with E-state index in [0.717, 1.165) is 16.9 Å². The van der Waals surface area contributed by atoms with E-state index in [0.29, 0.717) is 22.6 Å². The summed E-state index contributed by atoms with van der Waals surface area (Å²) in [5.41, 5.74) is 3.59. The fraction of sp³-hybridized carbons (Fsp3) is 0.211. The zero-order valence-electron chi connectivity index (χ0n) is 18.2. The molecule has 0 aliphatic rings. The third-order valence-corrected chi connectivity index (χ3v) is 6.26. The smallest absolute Gasteiger partial charge is 0.365 e. The summed E-state index contributed by atoms with van der Waals surface area (Å²) in [5, 5.41) is 21.5. The van der Waals surface area contributed by atoms with Gasteiger partial charge in [-0.05, 0) is 18.6 Å². The molecule has 2 amide bonds. The van der Waals surface area contributed by atoms with Crippen molar-refractivity contribution in [2.75, 3.05) is 5.32 Å². The summed E-state index contributed by atoms with van der Waals surface area (Å²) < 4.78 is 43.4. The second-order valence-electron chi connectivity index (χ2n) is 7.42. The van der Waals surface area contributed by atoms with E-state index in [2.05, 4.69) is 20.5 Å². The fourth-order valence-electron chi connectivity index (χ4n) is 3.46. The number of carbonyl (C=O) groups is 2. The topological polar surface area (TPSA) is 164 Å². The Morgan fingerprint density at radius 2 is 1.94 bits per heavy atom. The van der Waals surface area contributed by atoms with Crippen molar-refractivity contribution in [3.05, 3.63) is 50.5 Å². The third-order valence-electron chi connectivity index (χ3n) is 5.16. The maximum absolute atomic E-state index is 13.6. The van der Waals surface area contributed by atoms with E-state index >= 15 is 0 Å². The first-order chi connectivity index (χ1) is 16.3. The molecule has 12 nitrogen and oxygen atoms in total. The summed E-state index contributed by atoms with van der Waals surface area (Å²) in [4.78, 5) is 38.8. The number of thiophene rings is 1. The molecule has 0 aromatic carbocycles. The number of fused-ring (bicyclic) bond motifs is 1. The largest absolute Gasteiger partial charge is 0.433 e. The average Bonchev–Trinajstić information content (AvgIpc) is 3.43. The van der Waals surface area contributed by atoms with Gasteiger partial charge in [0.1, 0.15) is 21.6 Å². The molecular weight excluding hydrogens is 493 g/mol. The molecule has 4 aromatic heterocycles. The molecule has 182 valence electrons. The Labute approximate surface area is 197 Å². The number of alkyl halides is 3. The number of hydrogen-bond acceptors (Lipinski definition) is 8. The van der Waals surface area contributed by atoms with Gasteiger partial charge in [0.05, 0.1) is 16.8 Å². The summed E-state index contributed by atoms with van der Waals surface area (Å²) in [6.45, 7) is 1.62. The molecule has 0 bridgehead atoms. The fourth-order valence-corrected chi connectivity index (χ4v) is 4.46. The van der Waals surface area contributed by atoms with Crippen LogP contribution in [0.15, 0.2) is 18.5 Å². The molecule has 0 saturated carbocycles. The number of nitrogens with one attached hydrogen (secondary N) is 1. The molecule has 0 aliphatic carbocycles. The molecule has 4 aromatic rings. The van der Waals surface area contributed by atoms with Gasteiger partial charge in [0.25, 0.3) is 11.8 Å². The highest BCUT2D eigenvalue weighted by atomic mass is 32.1. The number of nitrogens with zero attached hydrogens (tertiary/aromatic N) is 6. The van der Waals surface area contributed by atoms with Crippen LogP contribution in [0.3, 0.4) is 0 Å². The van der Waals surface area contributed by atoms with Crippen LogP contribution in [-0.4, -0.2) is 41.3 Å². The molecule has 4 heterocycles. The minimum atomic E-state index is -4.81. The molecule has 0 atom stereocenters. The van der Waals surface area contributed by atoms with Gasteiger partial charge in [-0.2, -0.15) is 23.4 Å². The number of aromatic nitrogens is 5. The summed E-state index contributed by atoms with van der Waals surface area (Å²) in [6.07, 6.45) is -2.47. The summed E-state index contributed by atoms with van der Waals surface area (Å²) in [6, 6.07) is 0.780. The Hall–Kier alpha value is -4.34. The number of anilines is 1. The second-order valence-corrected chi connectivity index (χ2v) is 8.42. The molecule has 35 heavy (non-hydrogen) atoms. The lowest BCUT2D eigenvalue weighted by molar-refractivity contribution is -0.385. The van der Waals surface area contributed by atoms with E-state index in [-0.39, 0.29) is 26.3 Å². The molecule has 0 unspecified atom stereocenters. The molecule has 0 saturated heterocycles. The lowest BCUT2D eigenvalue weighted by Gasteiger charge is -2.12. The predicted molar refractivity (Wildman–Crippen MR) is 118 cm³/mol. The van der Waals surface area contributed by atoms with E-state index in [1.807, 2.05) is 0 Å². The lowest BCUT2D eigenvalue weighted by atomic mass is 10.0. The van der Waals surface area contributed by atoms with Crippen molar-refractivity contribution < 1.29 is 27.7 Å². The van der Waals surface area contributed by atoms with Crippen LogP contribution >= 0.6 is 11.3 Å². The van der Waals surface area contributed by atoms with Gasteiger partial charge in [0.2, 0.25) is 5.69 Å². The number of carbonyl (C=O) groups excluding carboxylic acids is 2. The van der Waals surface area contributed by atoms with Crippen molar-refractivity contribution in [3.63, 3.8) is 0 Å². The highest BCUT2D eigenvalue weighted by Gasteiger charge is 2.36. The van der Waals surface area contributed by atoms with Gasteiger partial charge in [0, 0.05) is 30.7 Å². The SMILES string of the molecule is Cc1c(-c2cc(C(F)(F)F)nc3sc(C(N)=O)c(NC(=O)c4nn(C)cc4[N+](=O)[O-])c23)cnn1C. The van der Waals surface area contributed by atoms with Crippen molar-refractivity contribution in [3.8, 4) is 11.1 Å². The van der Waals surface area contributed by atoms with E-state index in [1.165, 1.54) is 17.9 Å². The summed E-state index contributed by atoms with van der Waals surface area (Å²) >= 11 is 0.550. The monoisotopic (exact) mass is 508 g/mol. The maximum atomic E-state index is 13.6. The van der Waals surface area contributed by atoms with Crippen LogP contribution in [0.5, 0.6) is 0 Å². The van der Waals surface area contributed by atoms with E-state index < -0.39 is 40.0 Å². The minimum Gasteiger partial charge on any atom is -0.365 e. The number of amides is 2. The van der Waals surface area contributed by atoms with E-state index in [9.17, 15) is 32.9 Å². The van der Waals surface area contributed by atoms with Crippen LogP contribution in [0.25, 0.3) is 21.3 Å². The number of rotatable bonds is 5. The van der Waals surface area contributed by atoms with Crippen LogP contribution in [0.2, 0.25) is 0 Å². The van der Waals surface area contributed by atoms with Gasteiger partial charge in [-0.15, -0.1) is 11.3 Å². The predicted octanol–water partition coefficient (Wildman–Crippen LogP) is 3.02. The molecule has 16 heteroatoms. The van der Waals surface area contributed by atoms with Crippen LogP contribution in [0, 0.1) is 17.0 Å². The first-order valence-electron chi connectivity index (χ1n) is 9.62. The number of aryl methyl sites for hydroxylation is 2. The zero-order chi connectivity index (χ0) is 25.8. The highest BCUT2D eigenvalue weighted by molar-refractivity contribution is 7.21. The molecule has 0 fully saturated rings. The zero-order valence-corrected chi connectivity index (χ0v) is 19.0. The van der Waals surface area contributed by atoms with Gasteiger partial charge < -0.3 is 11.1 Å². The first-order valence-corrected chi connectivity index (χ1v) is 10.4. The Morgan fingerprint density at radius 1 is 1.26 bits per heavy atom. The van der Waals surface area contributed by atoms with Crippen molar-refractivity contribution >= 4 is 44.7 Å². The Balaban J connectivity index is 2.01. The van der Waals surface area contributed by atoms with Crippen molar-refractivity contribution in [2.24, 2.45) is 19.8 Å². The number of nitro groups is 1. The lowest BCUT2D eigenvalue weighted by Crippen LogP contribution is -2.18. The van der Waals surface area contributed by atoms with Crippen LogP contribution in [0.1, 0.15) is 31.5 Å². The number of primary amides is 1. The molecule has 0 aliphatic heterocycles. The summed E-state index contributed by atoms with van der Waals surface area (Å²) in [5.74, 6) is -2.10. The van der Waals surface area contributed by atoms with Gasteiger partial charge in [-0.25, -0.2) is 4.98 Å². The van der Waals surface area contributed by atoms with Crippen molar-refractivity contribution in [1.29, 1.82) is 0 Å². The Kier molecular flexibility index (Phi) is 5.55. The first kappa shape index (κ1) is 23.8. The molecule has 4 rings (SSSR count).